The van der Waals surface area contributed by atoms with Gasteiger partial charge in [-0.3, -0.25) is 4.79 Å². The number of urea groups is 1. The van der Waals surface area contributed by atoms with Crippen LogP contribution in [0.4, 0.5) is 4.79 Å². The van der Waals surface area contributed by atoms with Gasteiger partial charge in [0.2, 0.25) is 5.91 Å². The minimum Gasteiger partial charge on any atom is -0.339 e. The molecule has 0 aromatic rings. The first kappa shape index (κ1) is 16.7. The lowest BCUT2D eigenvalue weighted by Gasteiger charge is -2.21. The van der Waals surface area contributed by atoms with Crippen LogP contribution in [-0.2, 0) is 4.79 Å². The molecule has 3 fully saturated rings. The zero-order valence-corrected chi connectivity index (χ0v) is 14.4. The summed E-state index contributed by atoms with van der Waals surface area (Å²) in [6, 6.07) is 0.539. The molecule has 6 heteroatoms. The number of fused-ring (bicyclic) bond motifs is 1. The van der Waals surface area contributed by atoms with E-state index in [2.05, 4.69) is 17.2 Å². The Hall–Kier alpha value is -1.17. The lowest BCUT2D eigenvalue weighted by atomic mass is 10.0. The molecule has 3 amide bonds. The Morgan fingerprint density at radius 2 is 2.17 bits per heavy atom. The average Bonchev–Trinajstić information content (AvgIpc) is 3.16. The van der Waals surface area contributed by atoms with E-state index < -0.39 is 0 Å². The predicted molar refractivity (Wildman–Crippen MR) is 93.5 cm³/mol. The second kappa shape index (κ2) is 7.60. The fourth-order valence-corrected chi connectivity index (χ4v) is 5.01. The molecule has 128 valence electrons. The van der Waals surface area contributed by atoms with Gasteiger partial charge < -0.3 is 15.5 Å². The second-order valence-electron chi connectivity index (χ2n) is 6.90. The van der Waals surface area contributed by atoms with Crippen LogP contribution in [0.1, 0.15) is 38.5 Å². The van der Waals surface area contributed by atoms with E-state index >= 15 is 0 Å². The van der Waals surface area contributed by atoms with Crippen molar-refractivity contribution in [1.29, 1.82) is 0 Å². The van der Waals surface area contributed by atoms with Gasteiger partial charge in [0.1, 0.15) is 0 Å². The fraction of sp³-hybridized carbons (Fsp3) is 0.765. The monoisotopic (exact) mass is 337 g/mol. The van der Waals surface area contributed by atoms with Gasteiger partial charge in [0.05, 0.1) is 12.1 Å². The van der Waals surface area contributed by atoms with Gasteiger partial charge in [0.15, 0.2) is 0 Å². The zero-order chi connectivity index (χ0) is 16.2. The van der Waals surface area contributed by atoms with E-state index in [9.17, 15) is 9.59 Å². The topological polar surface area (TPSA) is 61.4 Å². The van der Waals surface area contributed by atoms with Gasteiger partial charge >= 0.3 is 6.03 Å². The Morgan fingerprint density at radius 1 is 1.35 bits per heavy atom. The van der Waals surface area contributed by atoms with Crippen molar-refractivity contribution in [2.45, 2.75) is 55.9 Å². The molecule has 1 aliphatic carbocycles. The van der Waals surface area contributed by atoms with E-state index in [0.717, 1.165) is 37.5 Å². The van der Waals surface area contributed by atoms with E-state index in [1.807, 2.05) is 22.7 Å². The number of amides is 3. The summed E-state index contributed by atoms with van der Waals surface area (Å²) in [5, 5.41) is 6.48. The van der Waals surface area contributed by atoms with Gasteiger partial charge in [-0.2, -0.15) is 11.8 Å². The smallest absolute Gasteiger partial charge is 0.315 e. The third kappa shape index (κ3) is 4.43. The Labute approximate surface area is 142 Å². The third-order valence-corrected chi connectivity index (χ3v) is 6.45. The molecule has 1 saturated carbocycles. The summed E-state index contributed by atoms with van der Waals surface area (Å²) >= 11 is 1.94. The highest BCUT2D eigenvalue weighted by Gasteiger charge is 2.42. The van der Waals surface area contributed by atoms with Gasteiger partial charge in [0, 0.05) is 30.5 Å². The van der Waals surface area contributed by atoms with Crippen molar-refractivity contribution in [3.8, 4) is 0 Å². The Balaban J connectivity index is 1.34. The standard InChI is InChI=1S/C17H27N3O2S/c1-2-9-20(10-12-7-8-12)15(21)6-4-3-5-14-16-13(11-23-14)18-17(22)19-16/h2,12-14,16H,1,3-11H2,(H2,18,19,22)/t13-,14-,16-/m0/s1. The van der Waals surface area contributed by atoms with Crippen LogP contribution in [0.2, 0.25) is 0 Å². The third-order valence-electron chi connectivity index (χ3n) is 4.95. The van der Waals surface area contributed by atoms with Crippen LogP contribution in [0.25, 0.3) is 0 Å². The molecule has 3 aliphatic rings. The van der Waals surface area contributed by atoms with Gasteiger partial charge in [0.25, 0.3) is 0 Å². The molecule has 0 unspecified atom stereocenters. The summed E-state index contributed by atoms with van der Waals surface area (Å²) in [5.74, 6) is 2.00. The van der Waals surface area contributed by atoms with Crippen molar-refractivity contribution in [3.05, 3.63) is 12.7 Å². The maximum absolute atomic E-state index is 12.3. The van der Waals surface area contributed by atoms with Crippen LogP contribution in [0.15, 0.2) is 12.7 Å². The molecule has 0 aromatic carbocycles. The number of carbonyl (C=O) groups excluding carboxylic acids is 2. The number of thioether (sulfide) groups is 1. The second-order valence-corrected chi connectivity index (χ2v) is 8.17. The van der Waals surface area contributed by atoms with E-state index in [4.69, 9.17) is 0 Å². The molecule has 0 radical (unpaired) electrons. The molecule has 23 heavy (non-hydrogen) atoms. The van der Waals surface area contributed by atoms with E-state index in [1.165, 1.54) is 12.8 Å². The summed E-state index contributed by atoms with van der Waals surface area (Å²) in [5.41, 5.74) is 0. The molecule has 3 rings (SSSR count). The number of carbonyl (C=O) groups is 2. The normalized spacial score (nSPS) is 28.9. The predicted octanol–water partition coefficient (Wildman–Crippen LogP) is 2.14. The van der Waals surface area contributed by atoms with Crippen LogP contribution in [0.5, 0.6) is 0 Å². The molecule has 2 N–H and O–H groups in total. The maximum atomic E-state index is 12.3. The van der Waals surface area contributed by atoms with Crippen LogP contribution in [0, 0.1) is 5.92 Å². The molecule has 5 nitrogen and oxygen atoms in total. The highest BCUT2D eigenvalue weighted by Crippen LogP contribution is 2.33. The summed E-state index contributed by atoms with van der Waals surface area (Å²) in [6.07, 6.45) is 8.05. The van der Waals surface area contributed by atoms with Crippen molar-refractivity contribution < 1.29 is 9.59 Å². The molecule has 3 atom stereocenters. The molecule has 2 heterocycles. The molecule has 2 saturated heterocycles. The lowest BCUT2D eigenvalue weighted by molar-refractivity contribution is -0.131. The quantitative estimate of drug-likeness (QED) is 0.385. The Kier molecular flexibility index (Phi) is 5.51. The molecule has 0 aromatic heterocycles. The molecule has 0 spiro atoms. The minimum atomic E-state index is -0.0272. The van der Waals surface area contributed by atoms with Crippen LogP contribution in [-0.4, -0.2) is 53.0 Å². The summed E-state index contributed by atoms with van der Waals surface area (Å²) in [7, 11) is 0. The fourth-order valence-electron chi connectivity index (χ4n) is 3.47. The number of rotatable bonds is 9. The molecular weight excluding hydrogens is 310 g/mol. The number of nitrogens with zero attached hydrogens (tertiary/aromatic N) is 1. The van der Waals surface area contributed by atoms with Crippen LogP contribution >= 0.6 is 11.8 Å². The summed E-state index contributed by atoms with van der Waals surface area (Å²) < 4.78 is 0. The summed E-state index contributed by atoms with van der Waals surface area (Å²) in [4.78, 5) is 25.6. The van der Waals surface area contributed by atoms with Crippen molar-refractivity contribution in [2.75, 3.05) is 18.8 Å². The molecular formula is C17H27N3O2S. The van der Waals surface area contributed by atoms with Gasteiger partial charge in [-0.1, -0.05) is 12.5 Å². The van der Waals surface area contributed by atoms with Gasteiger partial charge in [-0.15, -0.1) is 6.58 Å². The van der Waals surface area contributed by atoms with E-state index in [1.54, 1.807) is 0 Å². The molecule has 2 aliphatic heterocycles. The van der Waals surface area contributed by atoms with Crippen molar-refractivity contribution in [2.24, 2.45) is 5.92 Å². The van der Waals surface area contributed by atoms with Crippen LogP contribution in [0.3, 0.4) is 0 Å². The highest BCUT2D eigenvalue weighted by molar-refractivity contribution is 8.00. The Bertz CT molecular complexity index is 467. The first-order valence-corrected chi connectivity index (χ1v) is 9.79. The minimum absolute atomic E-state index is 0.0272. The van der Waals surface area contributed by atoms with Crippen molar-refractivity contribution in [1.82, 2.24) is 15.5 Å². The zero-order valence-electron chi connectivity index (χ0n) is 13.6. The first-order valence-electron chi connectivity index (χ1n) is 8.74. The number of hydrogen-bond acceptors (Lipinski definition) is 3. The highest BCUT2D eigenvalue weighted by atomic mass is 32.2. The summed E-state index contributed by atoms with van der Waals surface area (Å²) in [6.45, 7) is 5.34. The van der Waals surface area contributed by atoms with Crippen molar-refractivity contribution in [3.63, 3.8) is 0 Å². The Morgan fingerprint density at radius 3 is 2.91 bits per heavy atom. The van der Waals surface area contributed by atoms with Gasteiger partial charge in [-0.05, 0) is 31.6 Å². The largest absolute Gasteiger partial charge is 0.339 e. The SMILES string of the molecule is C=CCN(CC1CC1)C(=O)CCCC[C@@H]1SC[C@@H]2NC(=O)N[C@@H]21. The number of hydrogen-bond donors (Lipinski definition) is 2. The lowest BCUT2D eigenvalue weighted by Crippen LogP contribution is -2.36. The van der Waals surface area contributed by atoms with Gasteiger partial charge in [-0.25, -0.2) is 4.79 Å². The van der Waals surface area contributed by atoms with E-state index in [-0.39, 0.29) is 18.0 Å². The van der Waals surface area contributed by atoms with Crippen LogP contribution < -0.4 is 10.6 Å². The first-order chi connectivity index (χ1) is 11.2. The number of unbranched alkanes of at least 4 members (excludes halogenated alkanes) is 1. The number of nitrogens with one attached hydrogen (secondary N) is 2. The average molecular weight is 337 g/mol. The van der Waals surface area contributed by atoms with Crippen molar-refractivity contribution >= 4 is 23.7 Å². The van der Waals surface area contributed by atoms with E-state index in [0.29, 0.717) is 24.3 Å². The maximum Gasteiger partial charge on any atom is 0.315 e. The molecule has 0 bridgehead atoms.